The number of aryl methyl sites for hydroxylation is 1. The molecule has 29 heavy (non-hydrogen) atoms. The Morgan fingerprint density at radius 1 is 1.21 bits per heavy atom. The molecule has 1 amide bonds. The van der Waals surface area contributed by atoms with E-state index in [1.165, 1.54) is 0 Å². The van der Waals surface area contributed by atoms with Gasteiger partial charge in [-0.3, -0.25) is 4.79 Å². The zero-order valence-electron chi connectivity index (χ0n) is 16.9. The average molecular weight is 396 g/mol. The molecule has 0 aliphatic carbocycles. The predicted octanol–water partition coefficient (Wildman–Crippen LogP) is 2.56. The number of carbonyl (C=O) groups is 1. The maximum absolute atomic E-state index is 11.6. The van der Waals surface area contributed by atoms with Gasteiger partial charge in [0.1, 0.15) is 11.6 Å². The van der Waals surface area contributed by atoms with Crippen molar-refractivity contribution in [2.45, 2.75) is 19.4 Å². The molecular formula is C21H24N4O4. The monoisotopic (exact) mass is 396 g/mol. The zero-order chi connectivity index (χ0) is 20.5. The maximum atomic E-state index is 11.6. The van der Waals surface area contributed by atoms with E-state index in [0.29, 0.717) is 30.3 Å². The van der Waals surface area contributed by atoms with Crippen LogP contribution in [0.25, 0.3) is 22.3 Å². The molecule has 1 aromatic carbocycles. The van der Waals surface area contributed by atoms with Crippen LogP contribution in [-0.4, -0.2) is 47.3 Å². The number of nitrogens with one attached hydrogen (secondary N) is 1. The Kier molecular flexibility index (Phi) is 5.00. The van der Waals surface area contributed by atoms with Crippen molar-refractivity contribution in [2.24, 2.45) is 13.0 Å². The Morgan fingerprint density at radius 2 is 2.00 bits per heavy atom. The number of nitrogens with zero attached hydrogens (tertiary/aromatic N) is 3. The van der Waals surface area contributed by atoms with Gasteiger partial charge in [-0.2, -0.15) is 0 Å². The molecule has 1 fully saturated rings. The summed E-state index contributed by atoms with van der Waals surface area (Å²) >= 11 is 0. The number of aromatic nitrogens is 3. The fraction of sp³-hybridized carbons (Fsp3) is 0.381. The summed E-state index contributed by atoms with van der Waals surface area (Å²) in [5.41, 5.74) is 3.19. The van der Waals surface area contributed by atoms with Crippen molar-refractivity contribution in [3.8, 4) is 28.6 Å². The summed E-state index contributed by atoms with van der Waals surface area (Å²) in [6.07, 6.45) is 2.04. The molecule has 1 aliphatic rings. The van der Waals surface area contributed by atoms with Crippen molar-refractivity contribution in [2.75, 3.05) is 20.8 Å². The van der Waals surface area contributed by atoms with Crippen molar-refractivity contribution >= 4 is 16.9 Å². The van der Waals surface area contributed by atoms with Crippen LogP contribution in [0.5, 0.6) is 17.4 Å². The van der Waals surface area contributed by atoms with Crippen LogP contribution in [0, 0.1) is 5.92 Å². The van der Waals surface area contributed by atoms with E-state index in [-0.39, 0.29) is 17.9 Å². The van der Waals surface area contributed by atoms with Crippen molar-refractivity contribution < 1.29 is 19.0 Å². The van der Waals surface area contributed by atoms with Crippen molar-refractivity contribution in [1.82, 2.24) is 19.9 Å². The molecule has 1 N–H and O–H groups in total. The number of fused-ring (bicyclic) bond motifs is 1. The van der Waals surface area contributed by atoms with E-state index in [1.807, 2.05) is 42.8 Å². The van der Waals surface area contributed by atoms with Gasteiger partial charge in [0.25, 0.3) is 0 Å². The van der Waals surface area contributed by atoms with Crippen LogP contribution in [0.3, 0.4) is 0 Å². The van der Waals surface area contributed by atoms with Crippen molar-refractivity contribution in [3.63, 3.8) is 0 Å². The molecule has 0 spiro atoms. The second kappa shape index (κ2) is 7.62. The summed E-state index contributed by atoms with van der Waals surface area (Å²) in [6, 6.07) is 7.57. The molecule has 0 radical (unpaired) electrons. The minimum Gasteiger partial charge on any atom is -0.493 e. The molecule has 152 valence electrons. The molecule has 8 heteroatoms. The predicted molar refractivity (Wildman–Crippen MR) is 108 cm³/mol. The normalized spacial score (nSPS) is 17.2. The highest BCUT2D eigenvalue weighted by Crippen LogP contribution is 2.35. The Balaban J connectivity index is 1.74. The standard InChI is InChI=1S/C21H24N4O4/c1-12(14-8-19(26)22-10-14)29-21-20-16(23-11-25(20)2)9-15(24-21)13-5-6-17(27-3)18(7-13)28-4/h5-7,9,11-12,14H,8,10H2,1-4H3,(H,22,26)/t12-,14?/m0/s1. The second-order valence-corrected chi connectivity index (χ2v) is 7.20. The van der Waals surface area contributed by atoms with E-state index in [4.69, 9.17) is 19.2 Å². The number of ether oxygens (including phenoxy) is 3. The van der Waals surface area contributed by atoms with Crippen LogP contribution in [0.1, 0.15) is 13.3 Å². The number of rotatable bonds is 6. The lowest BCUT2D eigenvalue weighted by Crippen LogP contribution is -2.26. The fourth-order valence-electron chi connectivity index (χ4n) is 3.60. The lowest BCUT2D eigenvalue weighted by molar-refractivity contribution is -0.119. The molecule has 0 bridgehead atoms. The van der Waals surface area contributed by atoms with Crippen LogP contribution in [-0.2, 0) is 11.8 Å². The van der Waals surface area contributed by atoms with Gasteiger partial charge >= 0.3 is 0 Å². The Hall–Kier alpha value is -3.29. The number of imidazole rings is 1. The number of methoxy groups -OCH3 is 2. The molecule has 3 aromatic rings. The van der Waals surface area contributed by atoms with Gasteiger partial charge < -0.3 is 24.1 Å². The molecule has 1 aliphatic heterocycles. The van der Waals surface area contributed by atoms with E-state index in [1.54, 1.807) is 20.5 Å². The lowest BCUT2D eigenvalue weighted by atomic mass is 10.0. The number of carbonyl (C=O) groups excluding carboxylic acids is 1. The zero-order valence-corrected chi connectivity index (χ0v) is 16.9. The highest BCUT2D eigenvalue weighted by atomic mass is 16.5. The molecule has 3 heterocycles. The van der Waals surface area contributed by atoms with E-state index in [0.717, 1.165) is 22.3 Å². The largest absolute Gasteiger partial charge is 0.493 e. The van der Waals surface area contributed by atoms with Gasteiger partial charge in [-0.05, 0) is 31.2 Å². The van der Waals surface area contributed by atoms with Crippen molar-refractivity contribution in [3.05, 3.63) is 30.6 Å². The topological polar surface area (TPSA) is 87.5 Å². The maximum Gasteiger partial charge on any atom is 0.241 e. The van der Waals surface area contributed by atoms with E-state index in [2.05, 4.69) is 10.3 Å². The summed E-state index contributed by atoms with van der Waals surface area (Å²) in [4.78, 5) is 20.8. The molecule has 8 nitrogen and oxygen atoms in total. The van der Waals surface area contributed by atoms with Gasteiger partial charge in [0.2, 0.25) is 11.8 Å². The number of hydrogen-bond acceptors (Lipinski definition) is 6. The highest BCUT2D eigenvalue weighted by Gasteiger charge is 2.29. The first kappa shape index (κ1) is 19.0. The Morgan fingerprint density at radius 3 is 2.69 bits per heavy atom. The molecule has 2 aromatic heterocycles. The third-order valence-corrected chi connectivity index (χ3v) is 5.31. The Bertz CT molecular complexity index is 1060. The number of benzene rings is 1. The third kappa shape index (κ3) is 3.57. The van der Waals surface area contributed by atoms with Gasteiger partial charge in [0.15, 0.2) is 11.5 Å². The molecule has 0 saturated carbocycles. The summed E-state index contributed by atoms with van der Waals surface area (Å²) in [5.74, 6) is 1.94. The van der Waals surface area contributed by atoms with Gasteiger partial charge in [-0.1, -0.05) is 0 Å². The molecular weight excluding hydrogens is 372 g/mol. The summed E-state index contributed by atoms with van der Waals surface area (Å²) < 4.78 is 18.9. The number of hydrogen-bond donors (Lipinski definition) is 1. The van der Waals surface area contributed by atoms with Crippen LogP contribution < -0.4 is 19.5 Å². The minimum atomic E-state index is -0.166. The van der Waals surface area contributed by atoms with Gasteiger partial charge in [-0.25, -0.2) is 9.97 Å². The summed E-state index contributed by atoms with van der Waals surface area (Å²) in [6.45, 7) is 2.59. The van der Waals surface area contributed by atoms with Crippen LogP contribution in [0.4, 0.5) is 0 Å². The van der Waals surface area contributed by atoms with Gasteiger partial charge in [-0.15, -0.1) is 0 Å². The second-order valence-electron chi connectivity index (χ2n) is 7.20. The van der Waals surface area contributed by atoms with Crippen LogP contribution in [0.2, 0.25) is 0 Å². The molecule has 2 atom stereocenters. The molecule has 1 unspecified atom stereocenters. The SMILES string of the molecule is COc1ccc(-c2cc3ncn(C)c3c(O[C@@H](C)C3CNC(=O)C3)n2)cc1OC. The fourth-order valence-corrected chi connectivity index (χ4v) is 3.60. The first-order valence-corrected chi connectivity index (χ1v) is 9.48. The summed E-state index contributed by atoms with van der Waals surface area (Å²) in [5, 5.41) is 2.86. The van der Waals surface area contributed by atoms with Gasteiger partial charge in [0.05, 0.1) is 31.8 Å². The highest BCUT2D eigenvalue weighted by molar-refractivity contribution is 5.85. The lowest BCUT2D eigenvalue weighted by Gasteiger charge is -2.20. The average Bonchev–Trinajstić information content (AvgIpc) is 3.33. The van der Waals surface area contributed by atoms with E-state index >= 15 is 0 Å². The molecule has 1 saturated heterocycles. The summed E-state index contributed by atoms with van der Waals surface area (Å²) in [7, 11) is 5.11. The van der Waals surface area contributed by atoms with Gasteiger partial charge in [0, 0.05) is 31.5 Å². The van der Waals surface area contributed by atoms with E-state index < -0.39 is 0 Å². The Labute approximate surface area is 168 Å². The first-order chi connectivity index (χ1) is 14.0. The minimum absolute atomic E-state index is 0.0585. The quantitative estimate of drug-likeness (QED) is 0.689. The van der Waals surface area contributed by atoms with E-state index in [9.17, 15) is 4.79 Å². The number of amides is 1. The third-order valence-electron chi connectivity index (χ3n) is 5.31. The number of pyridine rings is 1. The van der Waals surface area contributed by atoms with Crippen LogP contribution >= 0.6 is 0 Å². The van der Waals surface area contributed by atoms with Crippen molar-refractivity contribution in [1.29, 1.82) is 0 Å². The first-order valence-electron chi connectivity index (χ1n) is 9.48. The van der Waals surface area contributed by atoms with Crippen LogP contribution in [0.15, 0.2) is 30.6 Å². The molecule has 4 rings (SSSR count). The smallest absolute Gasteiger partial charge is 0.241 e.